The van der Waals surface area contributed by atoms with Crippen molar-refractivity contribution < 1.29 is 23.9 Å². The summed E-state index contributed by atoms with van der Waals surface area (Å²) in [6.45, 7) is 7.85. The Balaban J connectivity index is 2.15. The van der Waals surface area contributed by atoms with Gasteiger partial charge in [-0.05, 0) is 50.6 Å². The number of ether oxygens (including phenoxy) is 1. The Morgan fingerprint density at radius 2 is 1.54 bits per heavy atom. The number of Topliss-reactive ketones (excluding diaryl/α,β-unsaturated/α-hetero) is 1. The topological polar surface area (TPSA) is 102 Å². The lowest BCUT2D eigenvalue weighted by Crippen LogP contribution is -2.25. The van der Waals surface area contributed by atoms with Crippen LogP contribution < -0.4 is 10.6 Å². The van der Waals surface area contributed by atoms with Gasteiger partial charge >= 0.3 is 5.97 Å². The summed E-state index contributed by atoms with van der Waals surface area (Å²) in [4.78, 5) is 48.5. The Hall–Kier alpha value is -3.00. The third kappa shape index (κ3) is 5.04. The molecule has 0 aliphatic carbocycles. The highest BCUT2D eigenvalue weighted by molar-refractivity contribution is 7.16. The molecule has 0 saturated heterocycles. The van der Waals surface area contributed by atoms with Crippen molar-refractivity contribution in [2.24, 2.45) is 0 Å². The van der Waals surface area contributed by atoms with Crippen LogP contribution in [0.3, 0.4) is 0 Å². The maximum absolute atomic E-state index is 12.6. The van der Waals surface area contributed by atoms with Gasteiger partial charge in [0.1, 0.15) is 5.00 Å². The summed E-state index contributed by atoms with van der Waals surface area (Å²) in [6.07, 6.45) is -1.01. The van der Waals surface area contributed by atoms with Gasteiger partial charge in [0.05, 0.1) is 5.56 Å². The van der Waals surface area contributed by atoms with Gasteiger partial charge in [-0.15, -0.1) is 11.3 Å². The predicted octanol–water partition coefficient (Wildman–Crippen LogP) is 3.71. The molecule has 0 radical (unpaired) electrons. The highest BCUT2D eigenvalue weighted by Crippen LogP contribution is 2.33. The van der Waals surface area contributed by atoms with Crippen LogP contribution in [0.15, 0.2) is 24.3 Å². The lowest BCUT2D eigenvalue weighted by Gasteiger charge is -2.14. The number of thiophene rings is 1. The number of benzene rings is 1. The second kappa shape index (κ2) is 8.79. The molecule has 0 aliphatic heterocycles. The smallest absolute Gasteiger partial charge is 0.342 e. The molecule has 2 aromatic rings. The standard InChI is InChI=1S/C20H22N2O5S/c1-10-12(3)28-19(22-14(5)24)17(10)20(26)27-11(2)18(25)15-6-8-16(9-7-15)21-13(4)23/h6-9,11H,1-5H3,(H,21,23)(H,22,24)/t11-/m0/s1. The summed E-state index contributed by atoms with van der Waals surface area (Å²) in [6, 6.07) is 6.32. The minimum absolute atomic E-state index is 0.210. The van der Waals surface area contributed by atoms with Crippen LogP contribution in [-0.2, 0) is 14.3 Å². The van der Waals surface area contributed by atoms with Gasteiger partial charge in [0, 0.05) is 30.0 Å². The highest BCUT2D eigenvalue weighted by Gasteiger charge is 2.26. The fraction of sp³-hybridized carbons (Fsp3) is 0.300. The average molecular weight is 402 g/mol. The number of anilines is 2. The van der Waals surface area contributed by atoms with Crippen LogP contribution in [0.2, 0.25) is 0 Å². The molecule has 1 heterocycles. The van der Waals surface area contributed by atoms with Crippen LogP contribution in [0.5, 0.6) is 0 Å². The van der Waals surface area contributed by atoms with E-state index in [9.17, 15) is 19.2 Å². The lowest BCUT2D eigenvalue weighted by molar-refractivity contribution is -0.115. The number of nitrogens with one attached hydrogen (secondary N) is 2. The monoisotopic (exact) mass is 402 g/mol. The number of carbonyl (C=O) groups excluding carboxylic acids is 4. The molecule has 2 rings (SSSR count). The zero-order valence-corrected chi connectivity index (χ0v) is 17.2. The summed E-state index contributed by atoms with van der Waals surface area (Å²) < 4.78 is 5.36. The van der Waals surface area contributed by atoms with Gasteiger partial charge < -0.3 is 15.4 Å². The summed E-state index contributed by atoms with van der Waals surface area (Å²) in [5, 5.41) is 5.66. The first-order valence-electron chi connectivity index (χ1n) is 8.60. The number of aryl methyl sites for hydroxylation is 1. The molecular weight excluding hydrogens is 380 g/mol. The van der Waals surface area contributed by atoms with E-state index in [1.165, 1.54) is 32.1 Å². The van der Waals surface area contributed by atoms with E-state index < -0.39 is 12.1 Å². The Morgan fingerprint density at radius 3 is 2.07 bits per heavy atom. The molecule has 0 fully saturated rings. The lowest BCUT2D eigenvalue weighted by atomic mass is 10.1. The van der Waals surface area contributed by atoms with Crippen LogP contribution in [-0.4, -0.2) is 29.7 Å². The molecule has 0 aliphatic rings. The molecule has 0 bridgehead atoms. The van der Waals surface area contributed by atoms with E-state index in [4.69, 9.17) is 4.74 Å². The van der Waals surface area contributed by atoms with Gasteiger partial charge in [-0.1, -0.05) is 0 Å². The van der Waals surface area contributed by atoms with E-state index in [2.05, 4.69) is 10.6 Å². The maximum atomic E-state index is 12.6. The first-order valence-corrected chi connectivity index (χ1v) is 9.42. The molecular formula is C20H22N2O5S. The van der Waals surface area contributed by atoms with E-state index in [1.54, 1.807) is 31.2 Å². The minimum Gasteiger partial charge on any atom is -0.451 e. The number of hydrogen-bond acceptors (Lipinski definition) is 6. The molecule has 7 nitrogen and oxygen atoms in total. The van der Waals surface area contributed by atoms with E-state index >= 15 is 0 Å². The number of hydrogen-bond donors (Lipinski definition) is 2. The number of esters is 1. The van der Waals surface area contributed by atoms with Crippen molar-refractivity contribution in [2.75, 3.05) is 10.6 Å². The van der Waals surface area contributed by atoms with Crippen molar-refractivity contribution in [3.05, 3.63) is 45.8 Å². The first-order chi connectivity index (χ1) is 13.1. The fourth-order valence-electron chi connectivity index (χ4n) is 2.55. The summed E-state index contributed by atoms with van der Waals surface area (Å²) in [5.41, 5.74) is 1.89. The second-order valence-corrected chi connectivity index (χ2v) is 7.56. The van der Waals surface area contributed by atoms with Crippen LogP contribution in [0, 0.1) is 13.8 Å². The van der Waals surface area contributed by atoms with Crippen molar-refractivity contribution in [3.63, 3.8) is 0 Å². The summed E-state index contributed by atoms with van der Waals surface area (Å²) >= 11 is 1.28. The SMILES string of the molecule is CC(=O)Nc1ccc(C(=O)[C@H](C)OC(=O)c2c(NC(C)=O)sc(C)c2C)cc1. The van der Waals surface area contributed by atoms with Gasteiger partial charge in [0.25, 0.3) is 0 Å². The predicted molar refractivity (Wildman–Crippen MR) is 108 cm³/mol. The van der Waals surface area contributed by atoms with Crippen LogP contribution in [0.25, 0.3) is 0 Å². The second-order valence-electron chi connectivity index (χ2n) is 6.34. The summed E-state index contributed by atoms with van der Waals surface area (Å²) in [5.74, 6) is -1.54. The molecule has 0 unspecified atom stereocenters. The van der Waals surface area contributed by atoms with Gasteiger partial charge in [0.15, 0.2) is 6.10 Å². The molecule has 0 spiro atoms. The molecule has 28 heavy (non-hydrogen) atoms. The quantitative estimate of drug-likeness (QED) is 0.566. The van der Waals surface area contributed by atoms with Crippen LogP contribution in [0.4, 0.5) is 10.7 Å². The molecule has 2 N–H and O–H groups in total. The van der Waals surface area contributed by atoms with Gasteiger partial charge in [-0.3, -0.25) is 14.4 Å². The van der Waals surface area contributed by atoms with Crippen molar-refractivity contribution in [3.8, 4) is 0 Å². The number of ketones is 1. The molecule has 0 saturated carbocycles. The maximum Gasteiger partial charge on any atom is 0.342 e. The summed E-state index contributed by atoms with van der Waals surface area (Å²) in [7, 11) is 0. The van der Waals surface area contributed by atoms with Crippen molar-refractivity contribution in [1.82, 2.24) is 0 Å². The number of rotatable bonds is 6. The van der Waals surface area contributed by atoms with Gasteiger partial charge in [-0.25, -0.2) is 4.79 Å². The Morgan fingerprint density at radius 1 is 0.964 bits per heavy atom. The number of amides is 2. The minimum atomic E-state index is -1.01. The Labute approximate surface area is 167 Å². The molecule has 1 aromatic heterocycles. The molecule has 2 amide bonds. The Kier molecular flexibility index (Phi) is 6.69. The molecule has 1 atom stereocenters. The van der Waals surface area contributed by atoms with E-state index in [1.807, 2.05) is 6.92 Å². The van der Waals surface area contributed by atoms with E-state index in [0.29, 0.717) is 21.8 Å². The largest absolute Gasteiger partial charge is 0.451 e. The molecule has 148 valence electrons. The van der Waals surface area contributed by atoms with E-state index in [0.717, 1.165) is 4.88 Å². The van der Waals surface area contributed by atoms with Gasteiger partial charge in [0.2, 0.25) is 17.6 Å². The molecule has 8 heteroatoms. The zero-order chi connectivity index (χ0) is 21.0. The third-order valence-electron chi connectivity index (χ3n) is 4.02. The average Bonchev–Trinajstić information content (AvgIpc) is 2.87. The normalized spacial score (nSPS) is 11.5. The fourth-order valence-corrected chi connectivity index (χ4v) is 3.64. The van der Waals surface area contributed by atoms with Crippen molar-refractivity contribution in [1.29, 1.82) is 0 Å². The highest BCUT2D eigenvalue weighted by atomic mass is 32.1. The van der Waals surface area contributed by atoms with Gasteiger partial charge in [-0.2, -0.15) is 0 Å². The third-order valence-corrected chi connectivity index (χ3v) is 5.14. The van der Waals surface area contributed by atoms with Crippen LogP contribution in [0.1, 0.15) is 51.9 Å². The van der Waals surface area contributed by atoms with Crippen LogP contribution >= 0.6 is 11.3 Å². The zero-order valence-electron chi connectivity index (χ0n) is 16.3. The number of carbonyl (C=O) groups is 4. The molecule has 1 aromatic carbocycles. The van der Waals surface area contributed by atoms with Crippen molar-refractivity contribution >= 4 is 45.6 Å². The first kappa shape index (κ1) is 21.3. The Bertz CT molecular complexity index is 931. The van der Waals surface area contributed by atoms with E-state index in [-0.39, 0.29) is 23.2 Å². The van der Waals surface area contributed by atoms with Crippen molar-refractivity contribution in [2.45, 2.75) is 40.7 Å².